The smallest absolute Gasteiger partial charge is 0.0155 e. The first-order valence-electron chi connectivity index (χ1n) is 15.7. The molecule has 0 saturated carbocycles. The van der Waals surface area contributed by atoms with Crippen LogP contribution in [0.2, 0.25) is 0 Å². The van der Waals surface area contributed by atoms with E-state index in [1.54, 1.807) is 0 Å². The quantitative estimate of drug-likeness (QED) is 0.338. The summed E-state index contributed by atoms with van der Waals surface area (Å²) in [7, 11) is 0. The average Bonchev–Trinajstić information content (AvgIpc) is 3.21. The molecule has 1 aromatic rings. The Morgan fingerprint density at radius 2 is 1.51 bits per heavy atom. The Kier molecular flexibility index (Phi) is 26.9. The second-order valence-electron chi connectivity index (χ2n) is 8.75. The molecule has 0 unspecified atom stereocenters. The maximum atomic E-state index is 2.44. The van der Waals surface area contributed by atoms with Crippen molar-refractivity contribution in [2.24, 2.45) is 0 Å². The summed E-state index contributed by atoms with van der Waals surface area (Å²) in [4.78, 5) is 0. The summed E-state index contributed by atoms with van der Waals surface area (Å²) in [5, 5.41) is 0. The van der Waals surface area contributed by atoms with Crippen molar-refractivity contribution in [3.63, 3.8) is 0 Å². The van der Waals surface area contributed by atoms with Crippen LogP contribution >= 0.6 is 0 Å². The number of hydrogen-bond acceptors (Lipinski definition) is 0. The van der Waals surface area contributed by atoms with Gasteiger partial charge in [0.2, 0.25) is 0 Å². The fourth-order valence-electron chi connectivity index (χ4n) is 4.30. The second kappa shape index (κ2) is 25.7. The van der Waals surface area contributed by atoms with Crippen LogP contribution in [0.3, 0.4) is 0 Å². The van der Waals surface area contributed by atoms with E-state index in [-0.39, 0.29) is 5.41 Å². The summed E-state index contributed by atoms with van der Waals surface area (Å²) in [6.45, 7) is 31.4. The van der Waals surface area contributed by atoms with Gasteiger partial charge in [-0.05, 0) is 80.4 Å². The number of aryl methyl sites for hydroxylation is 1. The topological polar surface area (TPSA) is 0 Å². The van der Waals surface area contributed by atoms with Crippen molar-refractivity contribution in [2.45, 2.75) is 129 Å². The molecule has 0 atom stereocenters. The summed E-state index contributed by atoms with van der Waals surface area (Å²) < 4.78 is 0. The SMILES string of the molecule is C/C=C(\C=C1\C=CC=CC1)C/C=C1\C(=C/C)c2ccc(C)cc2C1(C)C.C/C=C\CC.CC.CC.CC.CC. The number of allylic oxidation sites excluding steroid dienone is 14. The van der Waals surface area contributed by atoms with Crippen molar-refractivity contribution in [3.8, 4) is 0 Å². The predicted octanol–water partition coefficient (Wildman–Crippen LogP) is 13.5. The fraction of sp³-hybridized carbons (Fsp3) is 0.487. The van der Waals surface area contributed by atoms with E-state index in [4.69, 9.17) is 0 Å². The molecule has 3 rings (SSSR count). The third-order valence-electron chi connectivity index (χ3n) is 6.06. The molecule has 0 N–H and O–H groups in total. The van der Waals surface area contributed by atoms with E-state index >= 15 is 0 Å². The summed E-state index contributed by atoms with van der Waals surface area (Å²) >= 11 is 0. The molecule has 39 heavy (non-hydrogen) atoms. The standard InChI is InChI=1S/C26H30.C5H10.4C2H6/c1-6-20(18-21-11-9-8-10-12-21)14-16-24-22(7-2)23-15-13-19(3)17-25(23)26(24,4)5;1-3-5-4-2;4*1-2/h6-11,13,15-18H,12,14H2,1-5H3;3,5H,4H2,1-2H3;4*1-2H3/b20-6-,21-18-,22-7-,24-16+;5-3-;;;;. The number of benzene rings is 1. The molecule has 0 bridgehead atoms. The minimum Gasteiger partial charge on any atom is -0.0917 e. The van der Waals surface area contributed by atoms with Gasteiger partial charge in [0.05, 0.1) is 0 Å². The van der Waals surface area contributed by atoms with Crippen LogP contribution in [0.15, 0.2) is 95.7 Å². The Balaban J connectivity index is -0.000000857. The van der Waals surface area contributed by atoms with Crippen LogP contribution in [0.4, 0.5) is 0 Å². The van der Waals surface area contributed by atoms with E-state index in [0.29, 0.717) is 0 Å². The molecule has 0 amide bonds. The highest BCUT2D eigenvalue weighted by atomic mass is 14.4. The van der Waals surface area contributed by atoms with Gasteiger partial charge in [-0.15, -0.1) is 0 Å². The van der Waals surface area contributed by atoms with Gasteiger partial charge in [-0.3, -0.25) is 0 Å². The molecule has 2 aliphatic rings. The zero-order valence-corrected chi connectivity index (χ0v) is 28.6. The second-order valence-corrected chi connectivity index (χ2v) is 8.75. The molecule has 1 aromatic carbocycles. The molecule has 0 nitrogen and oxygen atoms in total. The van der Waals surface area contributed by atoms with Crippen molar-refractivity contribution < 1.29 is 0 Å². The van der Waals surface area contributed by atoms with Gasteiger partial charge in [0.15, 0.2) is 0 Å². The first kappa shape index (κ1) is 40.9. The first-order valence-corrected chi connectivity index (χ1v) is 15.7. The molecule has 0 radical (unpaired) electrons. The summed E-state index contributed by atoms with van der Waals surface area (Å²) in [5.41, 5.74) is 9.87. The van der Waals surface area contributed by atoms with Crippen LogP contribution in [0.1, 0.15) is 133 Å². The number of rotatable bonds is 4. The Morgan fingerprint density at radius 1 is 0.897 bits per heavy atom. The largest absolute Gasteiger partial charge is 0.0917 e. The maximum Gasteiger partial charge on any atom is 0.0155 e. The molecule has 0 saturated heterocycles. The lowest BCUT2D eigenvalue weighted by molar-refractivity contribution is 0.657. The third kappa shape index (κ3) is 13.8. The van der Waals surface area contributed by atoms with Crippen LogP contribution in [0.5, 0.6) is 0 Å². The zero-order valence-electron chi connectivity index (χ0n) is 28.6. The molecule has 2 aliphatic carbocycles. The molecular formula is C39H64. The van der Waals surface area contributed by atoms with Crippen molar-refractivity contribution in [3.05, 3.63) is 112 Å². The van der Waals surface area contributed by atoms with Gasteiger partial charge in [0, 0.05) is 5.41 Å². The van der Waals surface area contributed by atoms with E-state index < -0.39 is 0 Å². The molecule has 0 aliphatic heterocycles. The van der Waals surface area contributed by atoms with Crippen molar-refractivity contribution in [1.29, 1.82) is 0 Å². The van der Waals surface area contributed by atoms with Gasteiger partial charge in [0.1, 0.15) is 0 Å². The Bertz CT molecular complexity index is 965. The summed E-state index contributed by atoms with van der Waals surface area (Å²) in [6.07, 6.45) is 25.3. The average molecular weight is 533 g/mol. The highest BCUT2D eigenvalue weighted by Gasteiger charge is 2.37. The lowest BCUT2D eigenvalue weighted by Gasteiger charge is -2.22. The molecule has 0 aromatic heterocycles. The summed E-state index contributed by atoms with van der Waals surface area (Å²) in [5.74, 6) is 0. The molecular weight excluding hydrogens is 468 g/mol. The monoisotopic (exact) mass is 533 g/mol. The third-order valence-corrected chi connectivity index (χ3v) is 6.06. The molecule has 220 valence electrons. The van der Waals surface area contributed by atoms with Gasteiger partial charge < -0.3 is 0 Å². The Labute approximate surface area is 246 Å². The number of fused-ring (bicyclic) bond motifs is 1. The van der Waals surface area contributed by atoms with Gasteiger partial charge >= 0.3 is 0 Å². The van der Waals surface area contributed by atoms with Gasteiger partial charge in [-0.25, -0.2) is 0 Å². The minimum absolute atomic E-state index is 0.0582. The van der Waals surface area contributed by atoms with E-state index in [0.717, 1.165) is 19.3 Å². The van der Waals surface area contributed by atoms with E-state index in [9.17, 15) is 0 Å². The van der Waals surface area contributed by atoms with Crippen molar-refractivity contribution >= 4 is 5.57 Å². The summed E-state index contributed by atoms with van der Waals surface area (Å²) in [6, 6.07) is 6.88. The first-order chi connectivity index (χ1) is 18.9. The zero-order chi connectivity index (χ0) is 30.9. The lowest BCUT2D eigenvalue weighted by atomic mass is 9.81. The molecule has 0 fully saturated rings. The van der Waals surface area contributed by atoms with Crippen LogP contribution in [0.25, 0.3) is 5.57 Å². The van der Waals surface area contributed by atoms with Crippen LogP contribution < -0.4 is 0 Å². The van der Waals surface area contributed by atoms with Crippen LogP contribution in [-0.2, 0) is 5.41 Å². The molecule has 0 heterocycles. The maximum absolute atomic E-state index is 2.44. The lowest BCUT2D eigenvalue weighted by Crippen LogP contribution is -2.15. The van der Waals surface area contributed by atoms with Gasteiger partial charge in [-0.2, -0.15) is 0 Å². The normalized spacial score (nSPS) is 17.4. The Morgan fingerprint density at radius 3 is 1.95 bits per heavy atom. The van der Waals surface area contributed by atoms with Crippen molar-refractivity contribution in [2.75, 3.05) is 0 Å². The van der Waals surface area contributed by atoms with Gasteiger partial charge in [-0.1, -0.05) is 161 Å². The van der Waals surface area contributed by atoms with Crippen molar-refractivity contribution in [1.82, 2.24) is 0 Å². The van der Waals surface area contributed by atoms with E-state index in [1.165, 1.54) is 39.0 Å². The Hall–Kier alpha value is -2.60. The van der Waals surface area contributed by atoms with E-state index in [1.807, 2.05) is 62.3 Å². The highest BCUT2D eigenvalue weighted by molar-refractivity contribution is 5.89. The highest BCUT2D eigenvalue weighted by Crippen LogP contribution is 2.50. The fourth-order valence-corrected chi connectivity index (χ4v) is 4.30. The van der Waals surface area contributed by atoms with Crippen LogP contribution in [-0.4, -0.2) is 0 Å². The predicted molar refractivity (Wildman–Crippen MR) is 186 cm³/mol. The number of hydrogen-bond donors (Lipinski definition) is 0. The minimum atomic E-state index is 0.0582. The molecule has 0 heteroatoms. The van der Waals surface area contributed by atoms with Crippen LogP contribution in [0, 0.1) is 6.92 Å². The molecule has 0 spiro atoms. The van der Waals surface area contributed by atoms with Gasteiger partial charge in [0.25, 0.3) is 0 Å². The van der Waals surface area contributed by atoms with E-state index in [2.05, 4.69) is 121 Å².